The van der Waals surface area contributed by atoms with Crippen LogP contribution >= 0.6 is 0 Å². The molecule has 1 amide bonds. The molecule has 0 aromatic heterocycles. The number of nitrogens with zero attached hydrogens (tertiary/aromatic N) is 2. The number of amides is 1. The van der Waals surface area contributed by atoms with E-state index in [0.717, 1.165) is 30.1 Å². The topological polar surface area (TPSA) is 60.5 Å². The number of anilines is 1. The summed E-state index contributed by atoms with van der Waals surface area (Å²) < 4.78 is 21.6. The minimum atomic E-state index is -0.0127. The molecule has 152 valence electrons. The molecule has 2 aromatic carbocycles. The Bertz CT molecular complexity index is 919. The van der Waals surface area contributed by atoms with Crippen LogP contribution in [0.5, 0.6) is 23.0 Å². The molecule has 2 heterocycles. The van der Waals surface area contributed by atoms with Crippen LogP contribution in [0.4, 0.5) is 5.69 Å². The summed E-state index contributed by atoms with van der Waals surface area (Å²) in [4.78, 5) is 16.7. The van der Waals surface area contributed by atoms with E-state index in [4.69, 9.17) is 18.9 Å². The van der Waals surface area contributed by atoms with Crippen molar-refractivity contribution in [2.45, 2.75) is 0 Å². The van der Waals surface area contributed by atoms with Gasteiger partial charge < -0.3 is 28.7 Å². The second-order valence-corrected chi connectivity index (χ2v) is 6.77. The Hall–Kier alpha value is -3.35. The van der Waals surface area contributed by atoms with Crippen LogP contribution in [0.15, 0.2) is 42.5 Å². The van der Waals surface area contributed by atoms with Gasteiger partial charge in [-0.15, -0.1) is 0 Å². The zero-order valence-electron chi connectivity index (χ0n) is 16.6. The van der Waals surface area contributed by atoms with E-state index in [1.54, 1.807) is 26.4 Å². The standard InChI is InChI=1S/C22H24N2O5/c1-26-18-6-4-3-5-17(18)23-9-11-24(12-10-23)21(25)8-7-16-13-19(27-2)22-20(14-16)28-15-29-22/h3-8,13-14H,9-12,15H2,1-2H3/b8-7+. The van der Waals surface area contributed by atoms with E-state index in [1.165, 1.54) is 0 Å². The van der Waals surface area contributed by atoms with Crippen LogP contribution in [0.3, 0.4) is 0 Å². The van der Waals surface area contributed by atoms with Crippen LogP contribution in [0, 0.1) is 0 Å². The van der Waals surface area contributed by atoms with Gasteiger partial charge >= 0.3 is 0 Å². The number of carbonyl (C=O) groups is 1. The van der Waals surface area contributed by atoms with E-state index in [-0.39, 0.29) is 12.7 Å². The summed E-state index contributed by atoms with van der Waals surface area (Å²) >= 11 is 0. The smallest absolute Gasteiger partial charge is 0.246 e. The summed E-state index contributed by atoms with van der Waals surface area (Å²) in [5.41, 5.74) is 1.89. The van der Waals surface area contributed by atoms with Gasteiger partial charge in [-0.05, 0) is 35.9 Å². The van der Waals surface area contributed by atoms with Crippen LogP contribution in [0.1, 0.15) is 5.56 Å². The maximum Gasteiger partial charge on any atom is 0.246 e. The lowest BCUT2D eigenvalue weighted by Gasteiger charge is -2.36. The third-order valence-electron chi connectivity index (χ3n) is 5.12. The van der Waals surface area contributed by atoms with Gasteiger partial charge in [-0.25, -0.2) is 0 Å². The largest absolute Gasteiger partial charge is 0.495 e. The highest BCUT2D eigenvalue weighted by Gasteiger charge is 2.22. The fourth-order valence-corrected chi connectivity index (χ4v) is 3.58. The van der Waals surface area contributed by atoms with Crippen molar-refractivity contribution >= 4 is 17.7 Å². The van der Waals surface area contributed by atoms with Crippen molar-refractivity contribution in [1.29, 1.82) is 0 Å². The van der Waals surface area contributed by atoms with Crippen molar-refractivity contribution in [3.05, 3.63) is 48.0 Å². The van der Waals surface area contributed by atoms with Crippen LogP contribution in [0.25, 0.3) is 6.08 Å². The summed E-state index contributed by atoms with van der Waals surface area (Å²) in [6, 6.07) is 11.6. The maximum absolute atomic E-state index is 12.6. The summed E-state index contributed by atoms with van der Waals surface area (Å²) in [6.07, 6.45) is 3.37. The second-order valence-electron chi connectivity index (χ2n) is 6.77. The SMILES string of the molecule is COc1ccccc1N1CCN(C(=O)/C=C/c2cc(OC)c3c(c2)OCO3)CC1. The Morgan fingerprint density at radius 3 is 2.52 bits per heavy atom. The summed E-state index contributed by atoms with van der Waals surface area (Å²) in [6.45, 7) is 3.02. The third-order valence-corrected chi connectivity index (χ3v) is 5.12. The lowest BCUT2D eigenvalue weighted by molar-refractivity contribution is -0.126. The first-order valence-electron chi connectivity index (χ1n) is 9.52. The van der Waals surface area contributed by atoms with E-state index >= 15 is 0 Å². The van der Waals surface area contributed by atoms with Gasteiger partial charge in [0.1, 0.15) is 5.75 Å². The summed E-state index contributed by atoms with van der Waals surface area (Å²) in [7, 11) is 3.26. The predicted molar refractivity (Wildman–Crippen MR) is 110 cm³/mol. The number of benzene rings is 2. The molecule has 2 aliphatic rings. The number of piperazine rings is 1. The highest BCUT2D eigenvalue weighted by Crippen LogP contribution is 2.42. The number of hydrogen-bond donors (Lipinski definition) is 0. The van der Waals surface area contributed by atoms with Gasteiger partial charge in [0.15, 0.2) is 11.5 Å². The number of para-hydroxylation sites is 2. The molecule has 1 saturated heterocycles. The molecule has 0 N–H and O–H groups in total. The molecule has 7 heteroatoms. The molecule has 7 nitrogen and oxygen atoms in total. The molecule has 4 rings (SSSR count). The number of ether oxygens (including phenoxy) is 4. The van der Waals surface area contributed by atoms with Gasteiger partial charge in [0.2, 0.25) is 18.4 Å². The number of hydrogen-bond acceptors (Lipinski definition) is 6. The van der Waals surface area contributed by atoms with E-state index in [1.807, 2.05) is 41.3 Å². The molecule has 0 radical (unpaired) electrons. The molecule has 29 heavy (non-hydrogen) atoms. The number of methoxy groups -OCH3 is 2. The Balaban J connectivity index is 1.39. The van der Waals surface area contributed by atoms with Gasteiger partial charge in [-0.2, -0.15) is 0 Å². The molecule has 2 aliphatic heterocycles. The molecule has 0 spiro atoms. The molecule has 0 saturated carbocycles. The molecule has 0 aliphatic carbocycles. The first-order valence-corrected chi connectivity index (χ1v) is 9.52. The highest BCUT2D eigenvalue weighted by atomic mass is 16.7. The van der Waals surface area contributed by atoms with Crippen molar-refractivity contribution in [3.8, 4) is 23.0 Å². The van der Waals surface area contributed by atoms with Crippen LogP contribution in [0.2, 0.25) is 0 Å². The molecule has 1 fully saturated rings. The maximum atomic E-state index is 12.6. The zero-order chi connectivity index (χ0) is 20.2. The van der Waals surface area contributed by atoms with Gasteiger partial charge in [-0.1, -0.05) is 12.1 Å². The number of carbonyl (C=O) groups excluding carboxylic acids is 1. The van der Waals surface area contributed by atoms with Gasteiger partial charge in [0.05, 0.1) is 19.9 Å². The van der Waals surface area contributed by atoms with E-state index < -0.39 is 0 Å². The fraction of sp³-hybridized carbons (Fsp3) is 0.318. The molecule has 0 atom stereocenters. The Labute approximate surface area is 170 Å². The van der Waals surface area contributed by atoms with Crippen LogP contribution < -0.4 is 23.8 Å². The Morgan fingerprint density at radius 1 is 1.00 bits per heavy atom. The Morgan fingerprint density at radius 2 is 1.76 bits per heavy atom. The van der Waals surface area contributed by atoms with Crippen molar-refractivity contribution in [1.82, 2.24) is 4.90 Å². The van der Waals surface area contributed by atoms with Crippen LogP contribution in [-0.4, -0.2) is 58.0 Å². The van der Waals surface area contributed by atoms with E-state index in [2.05, 4.69) is 4.90 Å². The number of fused-ring (bicyclic) bond motifs is 1. The van der Waals surface area contributed by atoms with Gasteiger partial charge in [0, 0.05) is 32.3 Å². The predicted octanol–water partition coefficient (Wildman–Crippen LogP) is 2.79. The molecular formula is C22H24N2O5. The first-order chi connectivity index (χ1) is 14.2. The monoisotopic (exact) mass is 396 g/mol. The van der Waals surface area contributed by atoms with E-state index in [0.29, 0.717) is 30.3 Å². The minimum absolute atomic E-state index is 0.0127. The highest BCUT2D eigenvalue weighted by molar-refractivity contribution is 5.92. The third kappa shape index (κ3) is 3.94. The average Bonchev–Trinajstić information content (AvgIpc) is 3.25. The Kier molecular flexibility index (Phi) is 5.46. The fourth-order valence-electron chi connectivity index (χ4n) is 3.58. The van der Waals surface area contributed by atoms with Crippen molar-refractivity contribution in [2.24, 2.45) is 0 Å². The van der Waals surface area contributed by atoms with Crippen molar-refractivity contribution < 1.29 is 23.7 Å². The number of rotatable bonds is 5. The normalized spacial score (nSPS) is 15.7. The van der Waals surface area contributed by atoms with Gasteiger partial charge in [-0.3, -0.25) is 4.79 Å². The molecule has 0 bridgehead atoms. The van der Waals surface area contributed by atoms with Crippen molar-refractivity contribution in [3.63, 3.8) is 0 Å². The van der Waals surface area contributed by atoms with E-state index in [9.17, 15) is 4.79 Å². The lowest BCUT2D eigenvalue weighted by atomic mass is 10.1. The zero-order valence-corrected chi connectivity index (χ0v) is 16.6. The molecule has 0 unspecified atom stereocenters. The summed E-state index contributed by atoms with van der Waals surface area (Å²) in [5.74, 6) is 2.66. The van der Waals surface area contributed by atoms with Gasteiger partial charge in [0.25, 0.3) is 0 Å². The lowest BCUT2D eigenvalue weighted by Crippen LogP contribution is -2.48. The molecular weight excluding hydrogens is 372 g/mol. The first kappa shape index (κ1) is 19.0. The quantitative estimate of drug-likeness (QED) is 0.725. The minimum Gasteiger partial charge on any atom is -0.495 e. The average molecular weight is 396 g/mol. The molecule has 2 aromatic rings. The summed E-state index contributed by atoms with van der Waals surface area (Å²) in [5, 5.41) is 0. The van der Waals surface area contributed by atoms with Crippen LogP contribution in [-0.2, 0) is 4.79 Å². The second kappa shape index (κ2) is 8.34. The van der Waals surface area contributed by atoms with Crippen molar-refractivity contribution in [2.75, 3.05) is 52.1 Å².